The Hall–Kier alpha value is -0.420. The fourth-order valence-electron chi connectivity index (χ4n) is 1.35. The lowest BCUT2D eigenvalue weighted by molar-refractivity contribution is -0.235. The zero-order chi connectivity index (χ0) is 7.90. The van der Waals surface area contributed by atoms with E-state index < -0.39 is 11.9 Å². The summed E-state index contributed by atoms with van der Waals surface area (Å²) in [6.45, 7) is 0.100. The van der Waals surface area contributed by atoms with Crippen molar-refractivity contribution < 1.29 is 19.7 Å². The SMILES string of the molecule is OC[C@]12OC[C@H](C=C[C@@H]1O)O2. The zero-order valence-corrected chi connectivity index (χ0v) is 5.93. The van der Waals surface area contributed by atoms with Crippen LogP contribution in [-0.2, 0) is 9.47 Å². The molecule has 4 nitrogen and oxygen atoms in total. The lowest BCUT2D eigenvalue weighted by Crippen LogP contribution is -2.47. The molecule has 2 heterocycles. The molecule has 0 amide bonds. The summed E-state index contributed by atoms with van der Waals surface area (Å²) < 4.78 is 10.4. The maximum Gasteiger partial charge on any atom is 0.222 e. The lowest BCUT2D eigenvalue weighted by atomic mass is 10.1. The average Bonchev–Trinajstić information content (AvgIpc) is 2.39. The molecule has 3 atom stereocenters. The number of ether oxygens (including phenoxy) is 2. The summed E-state index contributed by atoms with van der Waals surface area (Å²) in [6.07, 6.45) is 2.37. The predicted octanol–water partition coefficient (Wildman–Crippen LogP) is -0.979. The first-order valence-electron chi connectivity index (χ1n) is 3.56. The van der Waals surface area contributed by atoms with Crippen LogP contribution < -0.4 is 0 Å². The Bertz CT molecular complexity index is 191. The third kappa shape index (κ3) is 0.911. The number of rotatable bonds is 1. The van der Waals surface area contributed by atoms with Crippen molar-refractivity contribution in [2.75, 3.05) is 13.2 Å². The average molecular weight is 158 g/mol. The Morgan fingerprint density at radius 2 is 2.36 bits per heavy atom. The van der Waals surface area contributed by atoms with Crippen LogP contribution in [0.15, 0.2) is 12.2 Å². The Morgan fingerprint density at radius 3 is 3.00 bits per heavy atom. The van der Waals surface area contributed by atoms with Crippen molar-refractivity contribution in [1.29, 1.82) is 0 Å². The second kappa shape index (κ2) is 2.28. The predicted molar refractivity (Wildman–Crippen MR) is 35.8 cm³/mol. The standard InChI is InChI=1S/C7H10O4/c8-4-7-6(9)2-1-5(11-7)3-10-7/h1-2,5-6,8-9H,3-4H2/t5-,6-,7+/m0/s1. The van der Waals surface area contributed by atoms with E-state index in [1.807, 2.05) is 0 Å². The van der Waals surface area contributed by atoms with E-state index in [9.17, 15) is 5.11 Å². The molecule has 2 rings (SSSR count). The molecule has 0 aromatic heterocycles. The Morgan fingerprint density at radius 1 is 1.55 bits per heavy atom. The maximum absolute atomic E-state index is 9.35. The second-order valence-electron chi connectivity index (χ2n) is 2.77. The first kappa shape index (κ1) is 7.24. The largest absolute Gasteiger partial charge is 0.391 e. The molecule has 2 N–H and O–H groups in total. The molecule has 2 bridgehead atoms. The van der Waals surface area contributed by atoms with Crippen molar-refractivity contribution in [3.05, 3.63) is 12.2 Å². The van der Waals surface area contributed by atoms with Gasteiger partial charge in [-0.05, 0) is 0 Å². The van der Waals surface area contributed by atoms with Crippen LogP contribution in [0.5, 0.6) is 0 Å². The molecule has 0 saturated carbocycles. The molecule has 62 valence electrons. The summed E-state index contributed by atoms with van der Waals surface area (Å²) >= 11 is 0. The molecule has 4 heteroatoms. The highest BCUT2D eigenvalue weighted by Gasteiger charge is 2.48. The minimum Gasteiger partial charge on any atom is -0.391 e. The summed E-state index contributed by atoms with van der Waals surface area (Å²) in [5.41, 5.74) is 0. The second-order valence-corrected chi connectivity index (χ2v) is 2.77. The summed E-state index contributed by atoms with van der Waals surface area (Å²) in [5.74, 6) is -1.18. The van der Waals surface area contributed by atoms with E-state index in [1.165, 1.54) is 0 Å². The van der Waals surface area contributed by atoms with Gasteiger partial charge in [0.05, 0.1) is 6.61 Å². The highest BCUT2D eigenvalue weighted by Crippen LogP contribution is 2.31. The van der Waals surface area contributed by atoms with E-state index in [2.05, 4.69) is 0 Å². The van der Waals surface area contributed by atoms with Crippen molar-refractivity contribution >= 4 is 0 Å². The molecule has 1 fully saturated rings. The Labute approximate surface area is 64.0 Å². The van der Waals surface area contributed by atoms with Crippen LogP contribution in [0.2, 0.25) is 0 Å². The molecular formula is C7H10O4. The molecule has 2 aliphatic rings. The molecular weight excluding hydrogens is 148 g/mol. The number of aliphatic hydroxyl groups excluding tert-OH is 2. The molecule has 2 aliphatic heterocycles. The van der Waals surface area contributed by atoms with E-state index in [0.717, 1.165) is 0 Å². The van der Waals surface area contributed by atoms with Crippen LogP contribution >= 0.6 is 0 Å². The lowest BCUT2D eigenvalue weighted by Gasteiger charge is -2.30. The molecule has 0 radical (unpaired) electrons. The van der Waals surface area contributed by atoms with Gasteiger partial charge in [-0.1, -0.05) is 12.2 Å². The van der Waals surface area contributed by atoms with Gasteiger partial charge in [0, 0.05) is 0 Å². The van der Waals surface area contributed by atoms with Crippen molar-refractivity contribution in [3.63, 3.8) is 0 Å². The summed E-state index contributed by atoms with van der Waals surface area (Å²) in [5, 5.41) is 18.2. The molecule has 11 heavy (non-hydrogen) atoms. The van der Waals surface area contributed by atoms with Crippen LogP contribution in [-0.4, -0.2) is 41.4 Å². The van der Waals surface area contributed by atoms with Crippen LogP contribution in [0.25, 0.3) is 0 Å². The first-order chi connectivity index (χ1) is 5.27. The van der Waals surface area contributed by atoms with Gasteiger partial charge in [-0.25, -0.2) is 0 Å². The van der Waals surface area contributed by atoms with Gasteiger partial charge >= 0.3 is 0 Å². The van der Waals surface area contributed by atoms with Gasteiger partial charge in [-0.3, -0.25) is 0 Å². The van der Waals surface area contributed by atoms with Gasteiger partial charge in [-0.15, -0.1) is 0 Å². The number of aliphatic hydroxyl groups is 2. The third-order valence-electron chi connectivity index (χ3n) is 2.02. The van der Waals surface area contributed by atoms with Gasteiger partial charge in [0.2, 0.25) is 5.79 Å². The van der Waals surface area contributed by atoms with E-state index >= 15 is 0 Å². The minimum absolute atomic E-state index is 0.106. The van der Waals surface area contributed by atoms with E-state index in [4.69, 9.17) is 14.6 Å². The molecule has 0 aromatic carbocycles. The highest BCUT2D eigenvalue weighted by molar-refractivity contribution is 5.09. The van der Waals surface area contributed by atoms with Crippen LogP contribution in [0.1, 0.15) is 0 Å². The summed E-state index contributed by atoms with van der Waals surface area (Å²) in [7, 11) is 0. The van der Waals surface area contributed by atoms with Crippen LogP contribution in [0, 0.1) is 0 Å². The third-order valence-corrected chi connectivity index (χ3v) is 2.02. The van der Waals surface area contributed by atoms with Crippen LogP contribution in [0.4, 0.5) is 0 Å². The number of fused-ring (bicyclic) bond motifs is 2. The minimum atomic E-state index is -1.18. The fourth-order valence-corrected chi connectivity index (χ4v) is 1.35. The quantitative estimate of drug-likeness (QED) is 0.482. The molecule has 0 aliphatic carbocycles. The molecule has 0 spiro atoms. The Kier molecular flexibility index (Phi) is 1.50. The Balaban J connectivity index is 2.27. The normalized spacial score (nSPS) is 48.2. The van der Waals surface area contributed by atoms with Crippen molar-refractivity contribution in [1.82, 2.24) is 0 Å². The van der Waals surface area contributed by atoms with Gasteiger partial charge in [0.25, 0.3) is 0 Å². The van der Waals surface area contributed by atoms with Gasteiger partial charge in [0.15, 0.2) is 0 Å². The number of hydrogen-bond acceptors (Lipinski definition) is 4. The van der Waals surface area contributed by atoms with Crippen molar-refractivity contribution in [2.45, 2.75) is 18.0 Å². The van der Waals surface area contributed by atoms with Gasteiger partial charge < -0.3 is 19.7 Å². The zero-order valence-electron chi connectivity index (χ0n) is 5.93. The van der Waals surface area contributed by atoms with E-state index in [1.54, 1.807) is 12.2 Å². The summed E-state index contributed by atoms with van der Waals surface area (Å²) in [6, 6.07) is 0. The first-order valence-corrected chi connectivity index (χ1v) is 3.56. The highest BCUT2D eigenvalue weighted by atomic mass is 16.8. The number of hydrogen-bond donors (Lipinski definition) is 2. The van der Waals surface area contributed by atoms with Gasteiger partial charge in [0.1, 0.15) is 18.8 Å². The van der Waals surface area contributed by atoms with E-state index in [0.29, 0.717) is 6.61 Å². The molecule has 1 saturated heterocycles. The van der Waals surface area contributed by atoms with Crippen molar-refractivity contribution in [3.8, 4) is 0 Å². The van der Waals surface area contributed by atoms with E-state index in [-0.39, 0.29) is 12.7 Å². The fraction of sp³-hybridized carbons (Fsp3) is 0.714. The van der Waals surface area contributed by atoms with Crippen molar-refractivity contribution in [2.24, 2.45) is 0 Å². The topological polar surface area (TPSA) is 58.9 Å². The van der Waals surface area contributed by atoms with Gasteiger partial charge in [-0.2, -0.15) is 0 Å². The molecule has 0 unspecified atom stereocenters. The molecule has 0 aromatic rings. The summed E-state index contributed by atoms with van der Waals surface area (Å²) in [4.78, 5) is 0. The monoisotopic (exact) mass is 158 g/mol. The maximum atomic E-state index is 9.35. The smallest absolute Gasteiger partial charge is 0.222 e. The van der Waals surface area contributed by atoms with Crippen LogP contribution in [0.3, 0.4) is 0 Å².